The van der Waals surface area contributed by atoms with Crippen LogP contribution in [-0.2, 0) is 0 Å². The van der Waals surface area contributed by atoms with Crippen LogP contribution >= 0.6 is 0 Å². The largest absolute Gasteiger partial charge is 0.493 e. The van der Waals surface area contributed by atoms with E-state index in [1.54, 1.807) is 30.3 Å². The molecule has 2 aromatic carbocycles. The summed E-state index contributed by atoms with van der Waals surface area (Å²) in [4.78, 5) is 24.3. The van der Waals surface area contributed by atoms with Crippen LogP contribution < -0.4 is 20.3 Å². The average Bonchev–Trinajstić information content (AvgIpc) is 2.69. The molecule has 0 radical (unpaired) electrons. The summed E-state index contributed by atoms with van der Waals surface area (Å²) in [5.74, 6) is -0.0529. The number of amides is 2. The SMILES string of the molecule is CCCOc1ccc(C(=O)NNC(=O)c2cccc(C#N)c2)cc1OC. The smallest absolute Gasteiger partial charge is 0.269 e. The summed E-state index contributed by atoms with van der Waals surface area (Å²) in [5.41, 5.74) is 5.57. The maximum Gasteiger partial charge on any atom is 0.269 e. The van der Waals surface area contributed by atoms with E-state index in [-0.39, 0.29) is 5.56 Å². The first-order chi connectivity index (χ1) is 12.6. The predicted octanol–water partition coefficient (Wildman–Crippen LogP) is 2.43. The quantitative estimate of drug-likeness (QED) is 0.777. The molecule has 0 unspecified atom stereocenters. The van der Waals surface area contributed by atoms with Gasteiger partial charge in [-0.25, -0.2) is 0 Å². The molecule has 0 aliphatic carbocycles. The molecule has 0 spiro atoms. The summed E-state index contributed by atoms with van der Waals surface area (Å²) in [6, 6.07) is 12.9. The minimum atomic E-state index is -0.523. The van der Waals surface area contributed by atoms with Gasteiger partial charge >= 0.3 is 0 Å². The van der Waals surface area contributed by atoms with Gasteiger partial charge in [-0.15, -0.1) is 0 Å². The maximum absolute atomic E-state index is 12.2. The fraction of sp³-hybridized carbons (Fsp3) is 0.211. The predicted molar refractivity (Wildman–Crippen MR) is 94.9 cm³/mol. The number of hydrogen-bond donors (Lipinski definition) is 2. The number of nitrogens with one attached hydrogen (secondary N) is 2. The van der Waals surface area contributed by atoms with Crippen LogP contribution in [0.15, 0.2) is 42.5 Å². The molecule has 0 saturated heterocycles. The Morgan fingerprint density at radius 3 is 2.35 bits per heavy atom. The molecule has 2 aromatic rings. The molecular weight excluding hydrogens is 334 g/mol. The van der Waals surface area contributed by atoms with Gasteiger partial charge in [-0.2, -0.15) is 5.26 Å². The molecule has 7 nitrogen and oxygen atoms in total. The van der Waals surface area contributed by atoms with E-state index in [0.29, 0.717) is 29.2 Å². The van der Waals surface area contributed by atoms with Crippen molar-refractivity contribution in [3.05, 3.63) is 59.2 Å². The van der Waals surface area contributed by atoms with Crippen molar-refractivity contribution in [1.82, 2.24) is 10.9 Å². The number of methoxy groups -OCH3 is 1. The normalized spacial score (nSPS) is 9.73. The van der Waals surface area contributed by atoms with Gasteiger partial charge in [0.15, 0.2) is 11.5 Å². The number of benzene rings is 2. The van der Waals surface area contributed by atoms with Gasteiger partial charge in [-0.05, 0) is 42.8 Å². The van der Waals surface area contributed by atoms with Crippen molar-refractivity contribution in [1.29, 1.82) is 5.26 Å². The van der Waals surface area contributed by atoms with Gasteiger partial charge in [0.1, 0.15) is 0 Å². The fourth-order valence-corrected chi connectivity index (χ4v) is 2.13. The van der Waals surface area contributed by atoms with Gasteiger partial charge in [0.25, 0.3) is 11.8 Å². The molecular formula is C19H19N3O4. The van der Waals surface area contributed by atoms with Crippen LogP contribution in [0.3, 0.4) is 0 Å². The van der Waals surface area contributed by atoms with Crippen LogP contribution in [0.25, 0.3) is 0 Å². The second-order valence-corrected chi connectivity index (χ2v) is 5.31. The number of rotatable bonds is 6. The van der Waals surface area contributed by atoms with Gasteiger partial charge in [-0.3, -0.25) is 20.4 Å². The topological polar surface area (TPSA) is 100 Å². The summed E-state index contributed by atoms with van der Waals surface area (Å²) in [6.45, 7) is 2.53. The summed E-state index contributed by atoms with van der Waals surface area (Å²) in [5, 5.41) is 8.86. The number of hydrogen-bond acceptors (Lipinski definition) is 5. The van der Waals surface area contributed by atoms with Crippen molar-refractivity contribution in [3.8, 4) is 17.6 Å². The molecule has 0 aromatic heterocycles. The zero-order chi connectivity index (χ0) is 18.9. The fourth-order valence-electron chi connectivity index (χ4n) is 2.13. The van der Waals surface area contributed by atoms with E-state index in [1.165, 1.54) is 19.2 Å². The molecule has 0 saturated carbocycles. The monoisotopic (exact) mass is 353 g/mol. The molecule has 0 aliphatic heterocycles. The minimum absolute atomic E-state index is 0.269. The van der Waals surface area contributed by atoms with Crippen LogP contribution in [0, 0.1) is 11.3 Å². The number of carbonyl (C=O) groups is 2. The van der Waals surface area contributed by atoms with E-state index in [4.69, 9.17) is 14.7 Å². The number of carbonyl (C=O) groups excluding carboxylic acids is 2. The summed E-state index contributed by atoms with van der Waals surface area (Å²) >= 11 is 0. The van der Waals surface area contributed by atoms with Crippen molar-refractivity contribution in [2.75, 3.05) is 13.7 Å². The molecule has 2 rings (SSSR count). The van der Waals surface area contributed by atoms with Crippen molar-refractivity contribution in [2.24, 2.45) is 0 Å². The molecule has 2 amide bonds. The first-order valence-corrected chi connectivity index (χ1v) is 8.00. The van der Waals surface area contributed by atoms with Crippen molar-refractivity contribution in [3.63, 3.8) is 0 Å². The number of nitrogens with zero attached hydrogens (tertiary/aromatic N) is 1. The minimum Gasteiger partial charge on any atom is -0.493 e. The Balaban J connectivity index is 2.03. The third-order valence-electron chi connectivity index (χ3n) is 3.43. The van der Waals surface area contributed by atoms with Gasteiger partial charge in [0.05, 0.1) is 25.3 Å². The van der Waals surface area contributed by atoms with Gasteiger partial charge in [0.2, 0.25) is 0 Å². The highest BCUT2D eigenvalue weighted by Gasteiger charge is 2.13. The molecule has 0 heterocycles. The molecule has 2 N–H and O–H groups in total. The molecule has 0 fully saturated rings. The summed E-state index contributed by atoms with van der Waals surface area (Å²) in [6.07, 6.45) is 0.852. The molecule has 26 heavy (non-hydrogen) atoms. The maximum atomic E-state index is 12.2. The van der Waals surface area contributed by atoms with E-state index in [1.807, 2.05) is 13.0 Å². The zero-order valence-corrected chi connectivity index (χ0v) is 14.5. The van der Waals surface area contributed by atoms with Crippen molar-refractivity contribution < 1.29 is 19.1 Å². The van der Waals surface area contributed by atoms with Crippen LogP contribution in [0.1, 0.15) is 39.6 Å². The summed E-state index contributed by atoms with van der Waals surface area (Å²) in [7, 11) is 1.49. The molecule has 7 heteroatoms. The Kier molecular flexibility index (Phi) is 6.57. The first-order valence-electron chi connectivity index (χ1n) is 8.00. The second kappa shape index (κ2) is 9.08. The van der Waals surface area contributed by atoms with E-state index in [0.717, 1.165) is 6.42 Å². The highest BCUT2D eigenvalue weighted by atomic mass is 16.5. The van der Waals surface area contributed by atoms with Crippen LogP contribution in [0.2, 0.25) is 0 Å². The Bertz CT molecular complexity index is 843. The van der Waals surface area contributed by atoms with E-state index < -0.39 is 11.8 Å². The number of nitriles is 1. The van der Waals surface area contributed by atoms with Gasteiger partial charge in [0, 0.05) is 11.1 Å². The molecule has 0 atom stereocenters. The van der Waals surface area contributed by atoms with Gasteiger partial charge < -0.3 is 9.47 Å². The Hall–Kier alpha value is -3.53. The first kappa shape index (κ1) is 18.8. The van der Waals surface area contributed by atoms with Crippen LogP contribution in [-0.4, -0.2) is 25.5 Å². The van der Waals surface area contributed by atoms with Crippen LogP contribution in [0.5, 0.6) is 11.5 Å². The molecule has 0 bridgehead atoms. The second-order valence-electron chi connectivity index (χ2n) is 5.31. The lowest BCUT2D eigenvalue weighted by Gasteiger charge is -2.12. The van der Waals surface area contributed by atoms with Crippen molar-refractivity contribution in [2.45, 2.75) is 13.3 Å². The Morgan fingerprint density at radius 2 is 1.73 bits per heavy atom. The lowest BCUT2D eigenvalue weighted by molar-refractivity contribution is 0.0846. The zero-order valence-electron chi connectivity index (χ0n) is 14.5. The highest BCUT2D eigenvalue weighted by molar-refractivity contribution is 5.99. The highest BCUT2D eigenvalue weighted by Crippen LogP contribution is 2.28. The molecule has 134 valence electrons. The van der Waals surface area contributed by atoms with Gasteiger partial charge in [-0.1, -0.05) is 13.0 Å². The number of ether oxygens (including phenoxy) is 2. The van der Waals surface area contributed by atoms with Crippen LogP contribution in [0.4, 0.5) is 0 Å². The standard InChI is InChI=1S/C19H19N3O4/c1-3-9-26-16-8-7-15(11-17(16)25-2)19(24)22-21-18(23)14-6-4-5-13(10-14)12-20/h4-8,10-11H,3,9H2,1-2H3,(H,21,23)(H,22,24). The Labute approximate surface area is 151 Å². The Morgan fingerprint density at radius 1 is 1.04 bits per heavy atom. The van der Waals surface area contributed by atoms with E-state index in [9.17, 15) is 9.59 Å². The lowest BCUT2D eigenvalue weighted by atomic mass is 10.1. The summed E-state index contributed by atoms with van der Waals surface area (Å²) < 4.78 is 10.8. The molecule has 0 aliphatic rings. The lowest BCUT2D eigenvalue weighted by Crippen LogP contribution is -2.41. The average molecular weight is 353 g/mol. The third-order valence-corrected chi connectivity index (χ3v) is 3.43. The van der Waals surface area contributed by atoms with E-state index >= 15 is 0 Å². The number of hydrazine groups is 1. The van der Waals surface area contributed by atoms with E-state index in [2.05, 4.69) is 10.9 Å². The third kappa shape index (κ3) is 4.74. The van der Waals surface area contributed by atoms with Crippen molar-refractivity contribution >= 4 is 11.8 Å².